The van der Waals surface area contributed by atoms with Crippen molar-refractivity contribution in [2.24, 2.45) is 13.0 Å². The third-order valence-electron chi connectivity index (χ3n) is 5.03. The van der Waals surface area contributed by atoms with Crippen LogP contribution in [-0.2, 0) is 13.6 Å². The van der Waals surface area contributed by atoms with Gasteiger partial charge in [-0.2, -0.15) is 5.10 Å². The number of rotatable bonds is 5. The number of carbonyl (C=O) groups excluding carboxylic acids is 1. The number of aromatic nitrogens is 3. The lowest BCUT2D eigenvalue weighted by molar-refractivity contribution is 0.0730. The number of carbonyl (C=O) groups is 1. The maximum Gasteiger partial charge on any atom is 0.274 e. The molecule has 6 nitrogen and oxygen atoms in total. The predicted molar refractivity (Wildman–Crippen MR) is 97.1 cm³/mol. The Bertz CT molecular complexity index is 684. The van der Waals surface area contributed by atoms with Gasteiger partial charge >= 0.3 is 0 Å². The minimum atomic E-state index is 0.0135. The molecular weight excluding hydrogens is 314 g/mol. The number of hydrogen-bond donors (Lipinski definition) is 0. The highest BCUT2D eigenvalue weighted by Crippen LogP contribution is 2.20. The number of pyridine rings is 1. The van der Waals surface area contributed by atoms with E-state index in [-0.39, 0.29) is 5.91 Å². The maximum absolute atomic E-state index is 12.5. The molecule has 0 spiro atoms. The van der Waals surface area contributed by atoms with Gasteiger partial charge < -0.3 is 4.90 Å². The first kappa shape index (κ1) is 17.6. The number of nitrogens with zero attached hydrogens (tertiary/aromatic N) is 5. The quantitative estimate of drug-likeness (QED) is 0.836. The third-order valence-corrected chi connectivity index (χ3v) is 5.03. The Balaban J connectivity index is 1.47. The van der Waals surface area contributed by atoms with Crippen LogP contribution in [0.1, 0.15) is 34.7 Å². The first-order valence-electron chi connectivity index (χ1n) is 8.91. The Morgan fingerprint density at radius 3 is 2.68 bits per heavy atom. The van der Waals surface area contributed by atoms with E-state index in [0.717, 1.165) is 50.4 Å². The van der Waals surface area contributed by atoms with Gasteiger partial charge in [-0.25, -0.2) is 0 Å². The van der Waals surface area contributed by atoms with Crippen LogP contribution in [-0.4, -0.2) is 57.2 Å². The standard InChI is InChI=1S/C19H27N5O/c1-15-12-18(21-23(15)3)19(25)22(2)13-16-7-10-24(11-8-16)14-17-6-4-5-9-20-17/h4-6,9,12,16H,7-8,10-11,13-14H2,1-3H3. The molecular formula is C19H27N5O. The summed E-state index contributed by atoms with van der Waals surface area (Å²) < 4.78 is 1.75. The zero-order valence-corrected chi connectivity index (χ0v) is 15.4. The minimum absolute atomic E-state index is 0.0135. The second-order valence-corrected chi connectivity index (χ2v) is 7.02. The molecule has 1 amide bonds. The van der Waals surface area contributed by atoms with Gasteiger partial charge in [-0.15, -0.1) is 0 Å². The Morgan fingerprint density at radius 2 is 2.08 bits per heavy atom. The summed E-state index contributed by atoms with van der Waals surface area (Å²) in [5, 5.41) is 4.29. The first-order chi connectivity index (χ1) is 12.0. The average Bonchev–Trinajstić information content (AvgIpc) is 2.96. The van der Waals surface area contributed by atoms with Crippen molar-refractivity contribution in [1.82, 2.24) is 24.6 Å². The molecule has 0 aromatic carbocycles. The second-order valence-electron chi connectivity index (χ2n) is 7.02. The molecule has 0 radical (unpaired) electrons. The highest BCUT2D eigenvalue weighted by atomic mass is 16.2. The molecule has 0 bridgehead atoms. The summed E-state index contributed by atoms with van der Waals surface area (Å²) in [5.41, 5.74) is 2.66. The Hall–Kier alpha value is -2.21. The van der Waals surface area contributed by atoms with Crippen molar-refractivity contribution in [2.45, 2.75) is 26.3 Å². The molecule has 1 saturated heterocycles. The summed E-state index contributed by atoms with van der Waals surface area (Å²) in [6, 6.07) is 7.92. The summed E-state index contributed by atoms with van der Waals surface area (Å²) in [5.74, 6) is 0.568. The molecule has 0 saturated carbocycles. The summed E-state index contributed by atoms with van der Waals surface area (Å²) >= 11 is 0. The molecule has 3 rings (SSSR count). The van der Waals surface area contributed by atoms with Gasteiger partial charge in [0.1, 0.15) is 0 Å². The number of amides is 1. The number of aryl methyl sites for hydroxylation is 2. The zero-order chi connectivity index (χ0) is 17.8. The topological polar surface area (TPSA) is 54.3 Å². The van der Waals surface area contributed by atoms with Crippen molar-refractivity contribution in [3.8, 4) is 0 Å². The minimum Gasteiger partial charge on any atom is -0.340 e. The van der Waals surface area contributed by atoms with Crippen molar-refractivity contribution in [2.75, 3.05) is 26.7 Å². The van der Waals surface area contributed by atoms with E-state index >= 15 is 0 Å². The van der Waals surface area contributed by atoms with Crippen molar-refractivity contribution in [3.05, 3.63) is 47.5 Å². The van der Waals surface area contributed by atoms with E-state index < -0.39 is 0 Å². The van der Waals surface area contributed by atoms with Gasteiger partial charge in [-0.1, -0.05) is 6.07 Å². The fourth-order valence-corrected chi connectivity index (χ4v) is 3.38. The Morgan fingerprint density at radius 1 is 1.32 bits per heavy atom. The van der Waals surface area contributed by atoms with E-state index in [4.69, 9.17) is 0 Å². The summed E-state index contributed by atoms with van der Waals surface area (Å²) in [6.07, 6.45) is 4.08. The zero-order valence-electron chi connectivity index (χ0n) is 15.4. The average molecular weight is 341 g/mol. The molecule has 0 aliphatic carbocycles. The third kappa shape index (κ3) is 4.45. The number of piperidine rings is 1. The molecule has 0 atom stereocenters. The van der Waals surface area contributed by atoms with Crippen LogP contribution >= 0.6 is 0 Å². The van der Waals surface area contributed by atoms with Crippen molar-refractivity contribution < 1.29 is 4.79 Å². The van der Waals surface area contributed by atoms with E-state index in [0.29, 0.717) is 11.6 Å². The van der Waals surface area contributed by atoms with Gasteiger partial charge in [0.15, 0.2) is 5.69 Å². The van der Waals surface area contributed by atoms with Crippen molar-refractivity contribution in [1.29, 1.82) is 0 Å². The summed E-state index contributed by atoms with van der Waals surface area (Å²) in [4.78, 5) is 21.2. The molecule has 0 N–H and O–H groups in total. The lowest BCUT2D eigenvalue weighted by Gasteiger charge is -2.33. The van der Waals surface area contributed by atoms with Crippen LogP contribution in [0.5, 0.6) is 0 Å². The van der Waals surface area contributed by atoms with Gasteiger partial charge in [-0.3, -0.25) is 19.4 Å². The largest absolute Gasteiger partial charge is 0.340 e. The second kappa shape index (κ2) is 7.78. The molecule has 25 heavy (non-hydrogen) atoms. The van der Waals surface area contributed by atoms with E-state index in [9.17, 15) is 4.79 Å². The predicted octanol–water partition coefficient (Wildman–Crippen LogP) is 2.11. The number of likely N-dealkylation sites (tertiary alicyclic amines) is 1. The summed E-state index contributed by atoms with van der Waals surface area (Å²) in [7, 11) is 3.75. The van der Waals surface area contributed by atoms with Crippen LogP contribution in [0.15, 0.2) is 30.5 Å². The van der Waals surface area contributed by atoms with Crippen LogP contribution in [0.3, 0.4) is 0 Å². The normalized spacial score (nSPS) is 16.1. The SMILES string of the molecule is Cc1cc(C(=O)N(C)CC2CCN(Cc3ccccn3)CC2)nn1C. The molecule has 2 aromatic heterocycles. The molecule has 1 aliphatic heterocycles. The van der Waals surface area contributed by atoms with E-state index in [1.54, 1.807) is 4.68 Å². The Kier molecular flexibility index (Phi) is 5.48. The van der Waals surface area contributed by atoms with Crippen LogP contribution in [0.4, 0.5) is 0 Å². The van der Waals surface area contributed by atoms with Gasteiger partial charge in [0, 0.05) is 39.1 Å². The fourth-order valence-electron chi connectivity index (χ4n) is 3.38. The van der Waals surface area contributed by atoms with E-state index in [2.05, 4.69) is 21.0 Å². The molecule has 0 unspecified atom stereocenters. The molecule has 1 aliphatic rings. The van der Waals surface area contributed by atoms with Crippen molar-refractivity contribution >= 4 is 5.91 Å². The van der Waals surface area contributed by atoms with E-state index in [1.165, 1.54) is 0 Å². The highest BCUT2D eigenvalue weighted by molar-refractivity contribution is 5.92. The van der Waals surface area contributed by atoms with Crippen LogP contribution in [0.25, 0.3) is 0 Å². The van der Waals surface area contributed by atoms with Crippen LogP contribution < -0.4 is 0 Å². The van der Waals surface area contributed by atoms with Gasteiger partial charge in [0.2, 0.25) is 0 Å². The highest BCUT2D eigenvalue weighted by Gasteiger charge is 2.23. The van der Waals surface area contributed by atoms with Crippen LogP contribution in [0.2, 0.25) is 0 Å². The first-order valence-corrected chi connectivity index (χ1v) is 8.91. The molecule has 1 fully saturated rings. The van der Waals surface area contributed by atoms with Gasteiger partial charge in [0.05, 0.1) is 5.69 Å². The maximum atomic E-state index is 12.5. The lowest BCUT2D eigenvalue weighted by Crippen LogP contribution is -2.39. The molecule has 3 heterocycles. The molecule has 2 aromatic rings. The van der Waals surface area contributed by atoms with Crippen LogP contribution in [0, 0.1) is 12.8 Å². The van der Waals surface area contributed by atoms with Crippen molar-refractivity contribution in [3.63, 3.8) is 0 Å². The Labute approximate surface area is 149 Å². The number of hydrogen-bond acceptors (Lipinski definition) is 4. The summed E-state index contributed by atoms with van der Waals surface area (Å²) in [6.45, 7) is 5.79. The fraction of sp³-hybridized carbons (Fsp3) is 0.526. The monoisotopic (exact) mass is 341 g/mol. The van der Waals surface area contributed by atoms with Gasteiger partial charge in [-0.05, 0) is 57.0 Å². The lowest BCUT2D eigenvalue weighted by atomic mass is 9.96. The smallest absolute Gasteiger partial charge is 0.274 e. The van der Waals surface area contributed by atoms with E-state index in [1.807, 2.05) is 50.3 Å². The van der Waals surface area contributed by atoms with Gasteiger partial charge in [0.25, 0.3) is 5.91 Å². The molecule has 134 valence electrons. The molecule has 6 heteroatoms.